The predicted molar refractivity (Wildman–Crippen MR) is 75.4 cm³/mol. The van der Waals surface area contributed by atoms with Gasteiger partial charge in [-0.2, -0.15) is 0 Å². The van der Waals surface area contributed by atoms with Crippen LogP contribution < -0.4 is 4.74 Å². The molecule has 1 rings (SSSR count). The molecule has 0 saturated carbocycles. The molecule has 0 N–H and O–H groups in total. The molecule has 0 bridgehead atoms. The van der Waals surface area contributed by atoms with Crippen LogP contribution in [-0.4, -0.2) is 32.8 Å². The Morgan fingerprint density at radius 2 is 1.90 bits per heavy atom. The first-order valence-corrected chi connectivity index (χ1v) is 8.13. The average molecular weight is 319 g/mol. The van der Waals surface area contributed by atoms with Crippen molar-refractivity contribution in [3.05, 3.63) is 22.7 Å². The molecule has 0 fully saturated rings. The van der Waals surface area contributed by atoms with Crippen LogP contribution in [0.25, 0.3) is 0 Å². The van der Waals surface area contributed by atoms with Crippen LogP contribution in [-0.2, 0) is 14.6 Å². The zero-order chi connectivity index (χ0) is 15.5. The Morgan fingerprint density at radius 3 is 2.35 bits per heavy atom. The molecular weight excluding hydrogens is 304 g/mol. The van der Waals surface area contributed by atoms with Gasteiger partial charge in [0.1, 0.15) is 10.7 Å². The number of Topliss-reactive ketones (excluding diaryl/α,β-unsaturated/α-hetero) is 2. The second-order valence-electron chi connectivity index (χ2n) is 4.26. The summed E-state index contributed by atoms with van der Waals surface area (Å²) in [6, 6.07) is 2.56. The lowest BCUT2D eigenvalue weighted by molar-refractivity contribution is -0.116. The summed E-state index contributed by atoms with van der Waals surface area (Å²) < 4.78 is 28.6. The van der Waals surface area contributed by atoms with Gasteiger partial charge in [-0.15, -0.1) is 0 Å². The van der Waals surface area contributed by atoms with Crippen LogP contribution in [0.15, 0.2) is 17.0 Å². The lowest BCUT2D eigenvalue weighted by Crippen LogP contribution is -2.09. The van der Waals surface area contributed by atoms with Crippen molar-refractivity contribution in [3.8, 4) is 5.75 Å². The van der Waals surface area contributed by atoms with Crippen LogP contribution in [0.2, 0.25) is 5.02 Å². The largest absolute Gasteiger partial charge is 0.491 e. The quantitative estimate of drug-likeness (QED) is 0.594. The number of carbonyl (C=O) groups is 2. The van der Waals surface area contributed by atoms with Crippen LogP contribution in [0.3, 0.4) is 0 Å². The maximum absolute atomic E-state index is 11.9. The van der Waals surface area contributed by atoms with Crippen molar-refractivity contribution in [2.24, 2.45) is 0 Å². The molecular formula is C13H15ClO5S. The van der Waals surface area contributed by atoms with E-state index < -0.39 is 15.6 Å². The molecule has 0 spiro atoms. The van der Waals surface area contributed by atoms with Gasteiger partial charge in [-0.1, -0.05) is 11.6 Å². The van der Waals surface area contributed by atoms with E-state index in [9.17, 15) is 18.0 Å². The summed E-state index contributed by atoms with van der Waals surface area (Å²) in [4.78, 5) is 22.8. The van der Waals surface area contributed by atoms with Gasteiger partial charge in [0.05, 0.1) is 18.1 Å². The maximum Gasteiger partial charge on any atom is 0.179 e. The van der Waals surface area contributed by atoms with Crippen molar-refractivity contribution in [1.82, 2.24) is 0 Å². The van der Waals surface area contributed by atoms with E-state index in [1.807, 2.05) is 0 Å². The van der Waals surface area contributed by atoms with Crippen molar-refractivity contribution >= 4 is 33.0 Å². The summed E-state index contributed by atoms with van der Waals surface area (Å²) in [6.45, 7) is 3.17. The van der Waals surface area contributed by atoms with Gasteiger partial charge in [0, 0.05) is 11.8 Å². The van der Waals surface area contributed by atoms with Crippen molar-refractivity contribution in [1.29, 1.82) is 0 Å². The molecule has 0 saturated heterocycles. The molecule has 5 nitrogen and oxygen atoms in total. The predicted octanol–water partition coefficient (Wildman–Crippen LogP) is 2.30. The zero-order valence-electron chi connectivity index (χ0n) is 11.4. The summed E-state index contributed by atoms with van der Waals surface area (Å²) in [5, 5.41) is -0.0824. The number of ketones is 2. The Balaban J connectivity index is 3.43. The van der Waals surface area contributed by atoms with Crippen LogP contribution in [0.1, 0.15) is 30.6 Å². The van der Waals surface area contributed by atoms with Crippen molar-refractivity contribution in [3.63, 3.8) is 0 Å². The lowest BCUT2D eigenvalue weighted by atomic mass is 10.1. The molecule has 1 aromatic carbocycles. The van der Waals surface area contributed by atoms with E-state index in [1.165, 1.54) is 19.1 Å². The number of benzene rings is 1. The first kappa shape index (κ1) is 16.7. The molecule has 0 radical (unpaired) electrons. The highest BCUT2D eigenvalue weighted by Crippen LogP contribution is 2.35. The van der Waals surface area contributed by atoms with E-state index in [-0.39, 0.29) is 40.0 Å². The van der Waals surface area contributed by atoms with Crippen LogP contribution in [0.5, 0.6) is 5.75 Å². The number of halogens is 1. The van der Waals surface area contributed by atoms with E-state index in [4.69, 9.17) is 16.3 Å². The van der Waals surface area contributed by atoms with Crippen molar-refractivity contribution in [2.75, 3.05) is 12.9 Å². The van der Waals surface area contributed by atoms with Gasteiger partial charge in [0.2, 0.25) is 0 Å². The van der Waals surface area contributed by atoms with Gasteiger partial charge in [0.25, 0.3) is 0 Å². The van der Waals surface area contributed by atoms with Crippen LogP contribution in [0.4, 0.5) is 0 Å². The monoisotopic (exact) mass is 318 g/mol. The van der Waals surface area contributed by atoms with Gasteiger partial charge in [0.15, 0.2) is 21.4 Å². The molecule has 0 aliphatic carbocycles. The Kier molecular flexibility index (Phi) is 5.30. The molecule has 0 amide bonds. The van der Waals surface area contributed by atoms with Crippen LogP contribution >= 0.6 is 11.6 Å². The third-order valence-electron chi connectivity index (χ3n) is 2.46. The molecule has 0 aliphatic heterocycles. The van der Waals surface area contributed by atoms with Gasteiger partial charge in [-0.3, -0.25) is 9.59 Å². The topological polar surface area (TPSA) is 77.5 Å². The van der Waals surface area contributed by atoms with Crippen molar-refractivity contribution in [2.45, 2.75) is 25.2 Å². The maximum atomic E-state index is 11.9. The van der Waals surface area contributed by atoms with Crippen LogP contribution in [0, 0.1) is 0 Å². The van der Waals surface area contributed by atoms with E-state index in [0.29, 0.717) is 0 Å². The second kappa shape index (κ2) is 6.37. The number of carbonyl (C=O) groups excluding carboxylic acids is 2. The third kappa shape index (κ3) is 3.80. The summed E-state index contributed by atoms with van der Waals surface area (Å²) >= 11 is 6.06. The Bertz CT molecular complexity index is 649. The molecule has 0 atom stereocenters. The normalized spacial score (nSPS) is 11.2. The van der Waals surface area contributed by atoms with Gasteiger partial charge >= 0.3 is 0 Å². The zero-order valence-corrected chi connectivity index (χ0v) is 13.0. The fourth-order valence-corrected chi connectivity index (χ4v) is 2.84. The third-order valence-corrected chi connectivity index (χ3v) is 3.95. The average Bonchev–Trinajstić information content (AvgIpc) is 2.29. The highest BCUT2D eigenvalue weighted by atomic mass is 35.5. The Hall–Kier alpha value is -1.40. The molecule has 110 valence electrons. The smallest absolute Gasteiger partial charge is 0.179 e. The number of ether oxygens (including phenoxy) is 1. The summed E-state index contributed by atoms with van der Waals surface area (Å²) in [6.07, 6.45) is 0.738. The molecule has 20 heavy (non-hydrogen) atoms. The Morgan fingerprint density at radius 1 is 1.30 bits per heavy atom. The first-order valence-electron chi connectivity index (χ1n) is 5.86. The summed E-state index contributed by atoms with van der Waals surface area (Å²) in [5.41, 5.74) is 0.0812. The SMILES string of the molecule is CCOc1c(S(C)(=O)=O)ccc(C(=O)CC(C)=O)c1Cl. The minimum absolute atomic E-state index is 0.0499. The molecule has 0 aromatic heterocycles. The number of rotatable bonds is 6. The number of hydrogen-bond acceptors (Lipinski definition) is 5. The first-order chi connectivity index (χ1) is 9.18. The fourth-order valence-electron chi connectivity index (χ4n) is 1.65. The summed E-state index contributed by atoms with van der Waals surface area (Å²) in [7, 11) is -3.53. The van der Waals surface area contributed by atoms with Gasteiger partial charge in [-0.05, 0) is 26.0 Å². The minimum atomic E-state index is -3.53. The number of sulfone groups is 1. The minimum Gasteiger partial charge on any atom is -0.491 e. The van der Waals surface area contributed by atoms with E-state index >= 15 is 0 Å². The van der Waals surface area contributed by atoms with Gasteiger partial charge < -0.3 is 4.74 Å². The molecule has 0 heterocycles. The second-order valence-corrected chi connectivity index (χ2v) is 6.62. The fraction of sp³-hybridized carbons (Fsp3) is 0.385. The molecule has 7 heteroatoms. The van der Waals surface area contributed by atoms with Crippen molar-refractivity contribution < 1.29 is 22.7 Å². The summed E-state index contributed by atoms with van der Waals surface area (Å²) in [5.74, 6) is -0.814. The highest BCUT2D eigenvalue weighted by Gasteiger charge is 2.23. The molecule has 1 aromatic rings. The lowest BCUT2D eigenvalue weighted by Gasteiger charge is -2.13. The molecule has 0 unspecified atom stereocenters. The number of hydrogen-bond donors (Lipinski definition) is 0. The molecule has 0 aliphatic rings. The van der Waals surface area contributed by atoms with Gasteiger partial charge in [-0.25, -0.2) is 8.42 Å². The van der Waals surface area contributed by atoms with E-state index in [2.05, 4.69) is 0 Å². The Labute approximate surface area is 122 Å². The van der Waals surface area contributed by atoms with E-state index in [1.54, 1.807) is 6.92 Å². The standard InChI is InChI=1S/C13H15ClO5S/c1-4-19-13-11(20(3,17)18)6-5-9(12(13)14)10(16)7-8(2)15/h5-6H,4,7H2,1-3H3. The highest BCUT2D eigenvalue weighted by molar-refractivity contribution is 7.90. The van der Waals surface area contributed by atoms with E-state index in [0.717, 1.165) is 6.26 Å².